The Kier molecular flexibility index (Phi) is 13.2. The largest absolute Gasteiger partial charge is 0.394 e. The third-order valence-electron chi connectivity index (χ3n) is 4.39. The van der Waals surface area contributed by atoms with E-state index in [1.807, 2.05) is 32.0 Å². The van der Waals surface area contributed by atoms with Gasteiger partial charge in [0.1, 0.15) is 5.69 Å². The Labute approximate surface area is 199 Å². The molecule has 190 valence electrons. The Morgan fingerprint density at radius 3 is 2.50 bits per heavy atom. The highest BCUT2D eigenvalue weighted by molar-refractivity contribution is 7.33. The summed E-state index contributed by atoms with van der Waals surface area (Å²) < 4.78 is 9.82. The van der Waals surface area contributed by atoms with Gasteiger partial charge in [-0.3, -0.25) is 29.9 Å². The molecule has 0 spiro atoms. The van der Waals surface area contributed by atoms with Gasteiger partial charge >= 0.3 is 0 Å². The van der Waals surface area contributed by atoms with Crippen molar-refractivity contribution in [2.45, 2.75) is 52.1 Å². The summed E-state index contributed by atoms with van der Waals surface area (Å²) in [5.41, 5.74) is 4.45. The lowest BCUT2D eigenvalue weighted by Gasteiger charge is -2.28. The number of pyridine rings is 1. The molecule has 0 aliphatic carbocycles. The SMILES string of the molecule is CC.CC(C)C(=O)Nc1nc(N(N)C2OC(CO)CC2POO)c(N)c(=O)[nH]1.c1ccncc1. The van der Waals surface area contributed by atoms with Crippen LogP contribution in [-0.4, -0.2) is 55.8 Å². The minimum absolute atomic E-state index is 0.107. The molecular formula is C20H34N7O6P. The van der Waals surface area contributed by atoms with Crippen molar-refractivity contribution in [3.8, 4) is 0 Å². The fourth-order valence-corrected chi connectivity index (χ4v) is 3.57. The van der Waals surface area contributed by atoms with Gasteiger partial charge < -0.3 is 15.6 Å². The highest BCUT2D eigenvalue weighted by Crippen LogP contribution is 2.37. The second kappa shape index (κ2) is 15.3. The Balaban J connectivity index is 0.000000615. The van der Waals surface area contributed by atoms with Crippen molar-refractivity contribution in [1.29, 1.82) is 0 Å². The summed E-state index contributed by atoms with van der Waals surface area (Å²) >= 11 is 0. The minimum atomic E-state index is -0.845. The molecule has 1 fully saturated rings. The fraction of sp³-hybridized carbons (Fsp3) is 0.500. The maximum atomic E-state index is 12.1. The van der Waals surface area contributed by atoms with Crippen molar-refractivity contribution >= 4 is 32.2 Å². The van der Waals surface area contributed by atoms with E-state index in [9.17, 15) is 14.7 Å². The summed E-state index contributed by atoms with van der Waals surface area (Å²) in [5.74, 6) is 5.16. The predicted molar refractivity (Wildman–Crippen MR) is 131 cm³/mol. The van der Waals surface area contributed by atoms with Gasteiger partial charge in [-0.15, -0.1) is 0 Å². The molecular weight excluding hydrogens is 465 g/mol. The summed E-state index contributed by atoms with van der Waals surface area (Å²) in [5, 5.41) is 21.5. The van der Waals surface area contributed by atoms with Crippen LogP contribution < -0.4 is 27.5 Å². The molecule has 13 nitrogen and oxygen atoms in total. The van der Waals surface area contributed by atoms with Crippen LogP contribution in [-0.2, 0) is 14.2 Å². The minimum Gasteiger partial charge on any atom is -0.394 e. The molecule has 0 bridgehead atoms. The zero-order valence-corrected chi connectivity index (χ0v) is 20.6. The number of nitrogens with one attached hydrogen (secondary N) is 2. The maximum Gasteiger partial charge on any atom is 0.277 e. The number of amides is 1. The number of aromatic nitrogens is 3. The lowest BCUT2D eigenvalue weighted by molar-refractivity contribution is -0.124. The average molecular weight is 500 g/mol. The first kappa shape index (κ1) is 29.4. The summed E-state index contributed by atoms with van der Waals surface area (Å²) in [6, 6.07) is 5.72. The number of rotatable bonds is 7. The topological polar surface area (TPSA) is 202 Å². The van der Waals surface area contributed by atoms with E-state index in [1.165, 1.54) is 0 Å². The van der Waals surface area contributed by atoms with Crippen LogP contribution in [0.3, 0.4) is 0 Å². The molecule has 0 radical (unpaired) electrons. The quantitative estimate of drug-likeness (QED) is 0.139. The number of hydrazine groups is 1. The Bertz CT molecular complexity index is 891. The number of hydrogen-bond acceptors (Lipinski definition) is 11. The van der Waals surface area contributed by atoms with Crippen LogP contribution in [0.2, 0.25) is 0 Å². The van der Waals surface area contributed by atoms with Crippen LogP contribution in [0.1, 0.15) is 34.1 Å². The molecule has 4 atom stereocenters. The van der Waals surface area contributed by atoms with E-state index in [2.05, 4.69) is 24.9 Å². The van der Waals surface area contributed by atoms with Gasteiger partial charge in [0, 0.05) is 18.3 Å². The van der Waals surface area contributed by atoms with E-state index in [1.54, 1.807) is 26.2 Å². The number of aliphatic hydroxyl groups is 1. The van der Waals surface area contributed by atoms with Crippen LogP contribution in [0.15, 0.2) is 35.4 Å². The number of hydrogen-bond donors (Lipinski definition) is 6. The number of ether oxygens (including phenoxy) is 1. The molecule has 34 heavy (non-hydrogen) atoms. The van der Waals surface area contributed by atoms with Gasteiger partial charge in [-0.25, -0.2) is 15.8 Å². The molecule has 3 heterocycles. The number of nitrogen functional groups attached to an aromatic ring is 1. The van der Waals surface area contributed by atoms with Gasteiger partial charge in [-0.2, -0.15) is 4.98 Å². The van der Waals surface area contributed by atoms with Gasteiger partial charge in [-0.1, -0.05) is 33.8 Å². The number of nitrogens with two attached hydrogens (primary N) is 2. The molecule has 4 unspecified atom stereocenters. The van der Waals surface area contributed by atoms with Gasteiger partial charge in [0.05, 0.1) is 27.2 Å². The van der Waals surface area contributed by atoms with Crippen molar-refractivity contribution in [2.75, 3.05) is 22.7 Å². The molecule has 14 heteroatoms. The molecule has 1 amide bonds. The van der Waals surface area contributed by atoms with Crippen LogP contribution in [0.4, 0.5) is 17.5 Å². The lowest BCUT2D eigenvalue weighted by atomic mass is 10.2. The van der Waals surface area contributed by atoms with Crippen LogP contribution in [0, 0.1) is 5.92 Å². The van der Waals surface area contributed by atoms with Gasteiger partial charge in [0.15, 0.2) is 12.0 Å². The number of nitrogens with zero attached hydrogens (tertiary/aromatic N) is 3. The molecule has 1 aliphatic rings. The molecule has 1 aliphatic heterocycles. The Morgan fingerprint density at radius 1 is 1.38 bits per heavy atom. The molecule has 1 saturated heterocycles. The zero-order valence-electron chi connectivity index (χ0n) is 19.6. The van der Waals surface area contributed by atoms with E-state index in [4.69, 9.17) is 21.6 Å². The van der Waals surface area contributed by atoms with Crippen LogP contribution in [0.25, 0.3) is 0 Å². The van der Waals surface area contributed by atoms with Crippen molar-refractivity contribution < 1.29 is 24.6 Å². The number of carbonyl (C=O) groups is 1. The van der Waals surface area contributed by atoms with E-state index >= 15 is 0 Å². The number of aliphatic hydroxyl groups excluding tert-OH is 1. The Hall–Kier alpha value is -2.67. The smallest absolute Gasteiger partial charge is 0.277 e. The zero-order chi connectivity index (χ0) is 25.7. The highest BCUT2D eigenvalue weighted by Gasteiger charge is 2.40. The van der Waals surface area contributed by atoms with E-state index in [0.29, 0.717) is 6.42 Å². The summed E-state index contributed by atoms with van der Waals surface area (Å²) in [6.45, 7) is 7.12. The van der Waals surface area contributed by atoms with Crippen molar-refractivity contribution in [3.63, 3.8) is 0 Å². The second-order valence-electron chi connectivity index (χ2n) is 7.11. The van der Waals surface area contributed by atoms with Crippen LogP contribution in [0.5, 0.6) is 0 Å². The van der Waals surface area contributed by atoms with Crippen molar-refractivity contribution in [2.24, 2.45) is 11.8 Å². The second-order valence-corrected chi connectivity index (χ2v) is 8.27. The normalized spacial score (nSPS) is 19.2. The summed E-state index contributed by atoms with van der Waals surface area (Å²) in [6.07, 6.45) is 2.53. The van der Waals surface area contributed by atoms with Crippen molar-refractivity contribution in [1.82, 2.24) is 15.0 Å². The lowest BCUT2D eigenvalue weighted by Crippen LogP contribution is -2.47. The van der Waals surface area contributed by atoms with Crippen LogP contribution >= 0.6 is 8.81 Å². The Morgan fingerprint density at radius 2 is 2.03 bits per heavy atom. The molecule has 2 aromatic heterocycles. The van der Waals surface area contributed by atoms with Gasteiger partial charge in [-0.05, 0) is 18.6 Å². The molecule has 3 rings (SSSR count). The predicted octanol–water partition coefficient (Wildman–Crippen LogP) is 1.29. The first-order valence-electron chi connectivity index (χ1n) is 10.7. The third kappa shape index (κ3) is 8.60. The van der Waals surface area contributed by atoms with E-state index in [-0.39, 0.29) is 50.4 Å². The first-order valence-corrected chi connectivity index (χ1v) is 11.7. The number of aromatic amines is 1. The monoisotopic (exact) mass is 499 g/mol. The first-order chi connectivity index (χ1) is 16.3. The molecule has 2 aromatic rings. The number of H-pyrrole nitrogens is 1. The standard InChI is InChI=1S/C13H23N6O6P.C5H5N.C2H6/c1-5(2)10(21)17-13-16-9(8(14)11(22)18-13)19(15)12-7(26-25-23)3-6(4-20)24-12;1-2-4-6-5-3-1;1-2/h5-7,12,20,23,26H,3-4,14-15H2,1-2H3,(H2,16,17,18,21,22);1-5H;1-2H3. The van der Waals surface area contributed by atoms with Gasteiger partial charge in [0.2, 0.25) is 11.9 Å². The molecule has 8 N–H and O–H groups in total. The van der Waals surface area contributed by atoms with E-state index < -0.39 is 17.9 Å². The summed E-state index contributed by atoms with van der Waals surface area (Å²) in [4.78, 5) is 34.1. The third-order valence-corrected chi connectivity index (χ3v) is 5.32. The molecule has 0 aromatic carbocycles. The highest BCUT2D eigenvalue weighted by atomic mass is 31.1. The van der Waals surface area contributed by atoms with Gasteiger partial charge in [0.25, 0.3) is 5.56 Å². The summed E-state index contributed by atoms with van der Waals surface area (Å²) in [7, 11) is -0.367. The fourth-order valence-electron chi connectivity index (χ4n) is 2.72. The number of anilines is 3. The maximum absolute atomic E-state index is 12.1. The average Bonchev–Trinajstić information content (AvgIpc) is 3.26. The van der Waals surface area contributed by atoms with E-state index in [0.717, 1.165) is 5.01 Å². The molecule has 0 saturated carbocycles. The number of carbonyl (C=O) groups excluding carboxylic acids is 1. The van der Waals surface area contributed by atoms with Crippen molar-refractivity contribution in [3.05, 3.63) is 40.9 Å².